The van der Waals surface area contributed by atoms with E-state index in [0.717, 1.165) is 0 Å². The molecule has 4 heteroatoms. The minimum atomic E-state index is -0.896. The first kappa shape index (κ1) is 11.5. The molecule has 0 saturated carbocycles. The third-order valence-electron chi connectivity index (χ3n) is 1.91. The number of carbonyl (C=O) groups is 1. The third kappa shape index (κ3) is 3.99. The molecule has 1 rings (SSSR count). The average Bonchev–Trinajstić information content (AvgIpc) is 2.25. The van der Waals surface area contributed by atoms with Crippen LogP contribution in [0.15, 0.2) is 30.3 Å². The SMILES string of the molecule is CCN[C@@H](COc1ccccc1)C(=O)O. The van der Waals surface area contributed by atoms with Crippen LogP contribution in [0.1, 0.15) is 6.92 Å². The largest absolute Gasteiger partial charge is 0.491 e. The maximum Gasteiger partial charge on any atom is 0.324 e. The van der Waals surface area contributed by atoms with Gasteiger partial charge in [0.2, 0.25) is 0 Å². The van der Waals surface area contributed by atoms with Gasteiger partial charge in [-0.15, -0.1) is 0 Å². The summed E-state index contributed by atoms with van der Waals surface area (Å²) in [6, 6.07) is 8.51. The van der Waals surface area contributed by atoms with E-state index in [0.29, 0.717) is 12.3 Å². The number of carboxylic acids is 1. The number of carboxylic acid groups (broad SMARTS) is 1. The Hall–Kier alpha value is -1.55. The second kappa shape index (κ2) is 6.03. The first-order chi connectivity index (χ1) is 7.24. The summed E-state index contributed by atoms with van der Waals surface area (Å²) in [6.07, 6.45) is 0. The predicted octanol–water partition coefficient (Wildman–Crippen LogP) is 1.13. The summed E-state index contributed by atoms with van der Waals surface area (Å²) in [6.45, 7) is 2.60. The van der Waals surface area contributed by atoms with Crippen molar-refractivity contribution in [2.75, 3.05) is 13.2 Å². The maximum absolute atomic E-state index is 10.8. The summed E-state index contributed by atoms with van der Waals surface area (Å²) < 4.78 is 5.34. The van der Waals surface area contributed by atoms with Gasteiger partial charge in [0.15, 0.2) is 0 Å². The Morgan fingerprint density at radius 2 is 2.13 bits per heavy atom. The number of likely N-dealkylation sites (N-methyl/N-ethyl adjacent to an activating group) is 1. The first-order valence-electron chi connectivity index (χ1n) is 4.88. The van der Waals surface area contributed by atoms with Gasteiger partial charge in [0.05, 0.1) is 0 Å². The molecule has 0 bridgehead atoms. The standard InChI is InChI=1S/C11H15NO3/c1-2-12-10(11(13)14)8-15-9-6-4-3-5-7-9/h3-7,10,12H,2,8H2,1H3,(H,13,14)/t10-/m0/s1. The molecular formula is C11H15NO3. The van der Waals surface area contributed by atoms with Crippen molar-refractivity contribution in [2.45, 2.75) is 13.0 Å². The van der Waals surface area contributed by atoms with E-state index in [-0.39, 0.29) is 6.61 Å². The lowest BCUT2D eigenvalue weighted by molar-refractivity contribution is -0.140. The second-order valence-electron chi connectivity index (χ2n) is 3.07. The minimum absolute atomic E-state index is 0.132. The molecule has 0 aliphatic carbocycles. The number of aliphatic carboxylic acids is 1. The van der Waals surface area contributed by atoms with Gasteiger partial charge in [0.25, 0.3) is 0 Å². The Balaban J connectivity index is 2.43. The maximum atomic E-state index is 10.8. The molecule has 0 heterocycles. The number of hydrogen-bond acceptors (Lipinski definition) is 3. The highest BCUT2D eigenvalue weighted by Gasteiger charge is 2.16. The van der Waals surface area contributed by atoms with Gasteiger partial charge in [0, 0.05) is 0 Å². The Kier molecular flexibility index (Phi) is 4.63. The Morgan fingerprint density at radius 1 is 1.47 bits per heavy atom. The molecule has 15 heavy (non-hydrogen) atoms. The van der Waals surface area contributed by atoms with Crippen LogP contribution in [0.25, 0.3) is 0 Å². The lowest BCUT2D eigenvalue weighted by atomic mass is 10.3. The van der Waals surface area contributed by atoms with Crippen molar-refractivity contribution in [1.82, 2.24) is 5.32 Å². The van der Waals surface area contributed by atoms with Crippen LogP contribution < -0.4 is 10.1 Å². The third-order valence-corrected chi connectivity index (χ3v) is 1.91. The second-order valence-corrected chi connectivity index (χ2v) is 3.07. The van der Waals surface area contributed by atoms with Crippen molar-refractivity contribution in [1.29, 1.82) is 0 Å². The molecule has 0 saturated heterocycles. The fourth-order valence-corrected chi connectivity index (χ4v) is 1.16. The van der Waals surface area contributed by atoms with Gasteiger partial charge >= 0.3 is 5.97 Å². The van der Waals surface area contributed by atoms with Crippen molar-refractivity contribution in [3.63, 3.8) is 0 Å². The van der Waals surface area contributed by atoms with Crippen molar-refractivity contribution in [3.8, 4) is 5.75 Å². The van der Waals surface area contributed by atoms with Crippen LogP contribution >= 0.6 is 0 Å². The molecule has 0 fully saturated rings. The van der Waals surface area contributed by atoms with E-state index in [1.165, 1.54) is 0 Å². The summed E-state index contributed by atoms with van der Waals surface area (Å²) in [7, 11) is 0. The van der Waals surface area contributed by atoms with Crippen LogP contribution in [-0.2, 0) is 4.79 Å². The molecular weight excluding hydrogens is 194 g/mol. The van der Waals surface area contributed by atoms with E-state index in [9.17, 15) is 4.79 Å². The monoisotopic (exact) mass is 209 g/mol. The number of para-hydroxylation sites is 1. The molecule has 0 aliphatic heterocycles. The van der Waals surface area contributed by atoms with E-state index in [4.69, 9.17) is 9.84 Å². The molecule has 0 aliphatic rings. The van der Waals surface area contributed by atoms with Crippen LogP contribution in [0.4, 0.5) is 0 Å². The van der Waals surface area contributed by atoms with Crippen molar-refractivity contribution in [2.24, 2.45) is 0 Å². The molecule has 1 atom stereocenters. The van der Waals surface area contributed by atoms with E-state index >= 15 is 0 Å². The fourth-order valence-electron chi connectivity index (χ4n) is 1.16. The van der Waals surface area contributed by atoms with Gasteiger partial charge in [-0.2, -0.15) is 0 Å². The number of hydrogen-bond donors (Lipinski definition) is 2. The van der Waals surface area contributed by atoms with Crippen molar-refractivity contribution < 1.29 is 14.6 Å². The van der Waals surface area contributed by atoms with Crippen LogP contribution in [0.3, 0.4) is 0 Å². The summed E-state index contributed by atoms with van der Waals surface area (Å²) in [5.41, 5.74) is 0. The topological polar surface area (TPSA) is 58.6 Å². The summed E-state index contributed by atoms with van der Waals surface area (Å²) in [4.78, 5) is 10.8. The Bertz CT molecular complexity index is 300. The van der Waals surface area contributed by atoms with Crippen molar-refractivity contribution in [3.05, 3.63) is 30.3 Å². The quantitative estimate of drug-likeness (QED) is 0.737. The van der Waals surface area contributed by atoms with Crippen LogP contribution in [-0.4, -0.2) is 30.3 Å². The van der Waals surface area contributed by atoms with E-state index in [2.05, 4.69) is 5.32 Å². The zero-order valence-corrected chi connectivity index (χ0v) is 8.64. The normalized spacial score (nSPS) is 12.1. The van der Waals surface area contributed by atoms with E-state index in [1.807, 2.05) is 25.1 Å². The first-order valence-corrected chi connectivity index (χ1v) is 4.88. The van der Waals surface area contributed by atoms with Crippen LogP contribution in [0, 0.1) is 0 Å². The number of rotatable bonds is 6. The molecule has 0 radical (unpaired) electrons. The molecule has 4 nitrogen and oxygen atoms in total. The highest BCUT2D eigenvalue weighted by molar-refractivity contribution is 5.73. The number of benzene rings is 1. The van der Waals surface area contributed by atoms with Gasteiger partial charge in [-0.1, -0.05) is 25.1 Å². The lowest BCUT2D eigenvalue weighted by Gasteiger charge is -2.13. The molecule has 0 aromatic heterocycles. The van der Waals surface area contributed by atoms with Gasteiger partial charge in [-0.3, -0.25) is 4.79 Å². The zero-order chi connectivity index (χ0) is 11.1. The fraction of sp³-hybridized carbons (Fsp3) is 0.364. The van der Waals surface area contributed by atoms with E-state index < -0.39 is 12.0 Å². The van der Waals surface area contributed by atoms with Crippen LogP contribution in [0.5, 0.6) is 5.75 Å². The van der Waals surface area contributed by atoms with Gasteiger partial charge in [-0.25, -0.2) is 0 Å². The zero-order valence-electron chi connectivity index (χ0n) is 8.64. The number of ether oxygens (including phenoxy) is 1. The number of nitrogens with one attached hydrogen (secondary N) is 1. The van der Waals surface area contributed by atoms with Crippen molar-refractivity contribution >= 4 is 5.97 Å². The smallest absolute Gasteiger partial charge is 0.324 e. The van der Waals surface area contributed by atoms with Gasteiger partial charge in [-0.05, 0) is 18.7 Å². The van der Waals surface area contributed by atoms with E-state index in [1.54, 1.807) is 12.1 Å². The predicted molar refractivity (Wildman–Crippen MR) is 57.0 cm³/mol. The highest BCUT2D eigenvalue weighted by Crippen LogP contribution is 2.08. The van der Waals surface area contributed by atoms with Crippen LogP contribution in [0.2, 0.25) is 0 Å². The molecule has 82 valence electrons. The molecule has 1 aromatic rings. The summed E-state index contributed by atoms with van der Waals surface area (Å²) >= 11 is 0. The minimum Gasteiger partial charge on any atom is -0.491 e. The summed E-state index contributed by atoms with van der Waals surface area (Å²) in [5, 5.41) is 11.7. The average molecular weight is 209 g/mol. The highest BCUT2D eigenvalue weighted by atomic mass is 16.5. The molecule has 0 unspecified atom stereocenters. The molecule has 1 aromatic carbocycles. The molecule has 0 amide bonds. The summed E-state index contributed by atoms with van der Waals surface area (Å²) in [5.74, 6) is -0.213. The van der Waals surface area contributed by atoms with Gasteiger partial charge in [0.1, 0.15) is 18.4 Å². The Labute approximate surface area is 88.9 Å². The Morgan fingerprint density at radius 3 is 2.67 bits per heavy atom. The van der Waals surface area contributed by atoms with Gasteiger partial charge < -0.3 is 15.2 Å². The molecule has 2 N–H and O–H groups in total. The lowest BCUT2D eigenvalue weighted by Crippen LogP contribution is -2.41. The molecule has 0 spiro atoms.